The third-order valence-electron chi connectivity index (χ3n) is 5.85. The molecular formula is C26H33FN4O5. The summed E-state index contributed by atoms with van der Waals surface area (Å²) >= 11 is 0. The quantitative estimate of drug-likeness (QED) is 0.509. The summed E-state index contributed by atoms with van der Waals surface area (Å²) in [5.41, 5.74) is 1.58. The van der Waals surface area contributed by atoms with Gasteiger partial charge in [-0.3, -0.25) is 4.79 Å². The predicted molar refractivity (Wildman–Crippen MR) is 134 cm³/mol. The zero-order valence-electron chi connectivity index (χ0n) is 21.1. The number of nitrogens with one attached hydrogen (secondary N) is 1. The molecule has 0 saturated carbocycles. The van der Waals surface area contributed by atoms with Crippen LogP contribution in [0.25, 0.3) is 0 Å². The zero-order chi connectivity index (χ0) is 26.1. The highest BCUT2D eigenvalue weighted by atomic mass is 19.1. The Morgan fingerprint density at radius 2 is 1.94 bits per heavy atom. The largest absolute Gasteiger partial charge is 0.497 e. The fourth-order valence-corrected chi connectivity index (χ4v) is 3.96. The zero-order valence-corrected chi connectivity index (χ0v) is 21.1. The molecular weight excluding hydrogens is 467 g/mol. The Hall–Kier alpha value is -3.66. The van der Waals surface area contributed by atoms with Crippen molar-refractivity contribution in [1.29, 1.82) is 0 Å². The Bertz CT molecular complexity index is 1090. The molecule has 10 heteroatoms. The van der Waals surface area contributed by atoms with Crippen LogP contribution in [0.4, 0.5) is 9.18 Å². The van der Waals surface area contributed by atoms with Gasteiger partial charge in [0.1, 0.15) is 23.9 Å². The standard InChI is InChI=1S/C26H33FN4O5/c1-5-12-28-26(33)30(13-14-34-2)17-25(32)31-23(19-8-6-7-9-21(19)27)16-22(29-31)20-11-10-18(35-3)15-24(20)36-4/h6-11,15,23H,5,12-14,16-17H2,1-4H3,(H,28,33). The molecule has 2 aromatic rings. The van der Waals surface area contributed by atoms with Gasteiger partial charge in [0, 0.05) is 43.8 Å². The van der Waals surface area contributed by atoms with Crippen molar-refractivity contribution in [3.05, 3.63) is 59.4 Å². The fourth-order valence-electron chi connectivity index (χ4n) is 3.96. The molecule has 1 heterocycles. The van der Waals surface area contributed by atoms with Crippen molar-refractivity contribution in [2.45, 2.75) is 25.8 Å². The second kappa shape index (κ2) is 12.9. The normalized spacial score (nSPS) is 14.9. The summed E-state index contributed by atoms with van der Waals surface area (Å²) in [6.45, 7) is 2.68. The van der Waals surface area contributed by atoms with E-state index in [1.54, 1.807) is 43.5 Å². The number of carbonyl (C=O) groups is 2. The Balaban J connectivity index is 1.95. The summed E-state index contributed by atoms with van der Waals surface area (Å²) in [7, 11) is 4.62. The number of hydrazone groups is 1. The first-order valence-corrected chi connectivity index (χ1v) is 11.8. The molecule has 1 unspecified atom stereocenters. The van der Waals surface area contributed by atoms with Crippen LogP contribution in [0.3, 0.4) is 0 Å². The molecule has 0 aliphatic carbocycles. The number of rotatable bonds is 11. The van der Waals surface area contributed by atoms with E-state index < -0.39 is 17.8 Å². The van der Waals surface area contributed by atoms with E-state index in [0.717, 1.165) is 6.42 Å². The van der Waals surface area contributed by atoms with E-state index in [1.807, 2.05) is 6.92 Å². The Kier molecular flexibility index (Phi) is 9.63. The van der Waals surface area contributed by atoms with Gasteiger partial charge in [0.2, 0.25) is 0 Å². The molecule has 1 aliphatic rings. The third-order valence-corrected chi connectivity index (χ3v) is 5.85. The van der Waals surface area contributed by atoms with Crippen molar-refractivity contribution < 1.29 is 28.2 Å². The van der Waals surface area contributed by atoms with Crippen molar-refractivity contribution in [3.8, 4) is 11.5 Å². The van der Waals surface area contributed by atoms with Gasteiger partial charge >= 0.3 is 6.03 Å². The number of ether oxygens (including phenoxy) is 3. The van der Waals surface area contributed by atoms with Gasteiger partial charge in [-0.2, -0.15) is 5.10 Å². The van der Waals surface area contributed by atoms with Crippen molar-refractivity contribution in [2.75, 3.05) is 47.6 Å². The number of methoxy groups -OCH3 is 3. The molecule has 36 heavy (non-hydrogen) atoms. The lowest BCUT2D eigenvalue weighted by molar-refractivity contribution is -0.133. The molecule has 9 nitrogen and oxygen atoms in total. The molecule has 1 atom stereocenters. The van der Waals surface area contributed by atoms with Gasteiger partial charge < -0.3 is 24.4 Å². The van der Waals surface area contributed by atoms with E-state index in [4.69, 9.17) is 14.2 Å². The van der Waals surface area contributed by atoms with Gasteiger partial charge in [0.25, 0.3) is 5.91 Å². The minimum absolute atomic E-state index is 0.221. The smallest absolute Gasteiger partial charge is 0.317 e. The summed E-state index contributed by atoms with van der Waals surface area (Å²) < 4.78 is 30.7. The van der Waals surface area contributed by atoms with Crippen LogP contribution in [0.5, 0.6) is 11.5 Å². The minimum Gasteiger partial charge on any atom is -0.497 e. The van der Waals surface area contributed by atoms with E-state index in [1.165, 1.54) is 30.2 Å². The fraction of sp³-hybridized carbons (Fsp3) is 0.423. The monoisotopic (exact) mass is 500 g/mol. The van der Waals surface area contributed by atoms with Gasteiger partial charge in [0.15, 0.2) is 0 Å². The number of halogens is 1. The van der Waals surface area contributed by atoms with E-state index >= 15 is 0 Å². The maximum absolute atomic E-state index is 14.8. The number of nitrogens with zero attached hydrogens (tertiary/aromatic N) is 3. The average Bonchev–Trinajstić information content (AvgIpc) is 3.34. The summed E-state index contributed by atoms with van der Waals surface area (Å²) in [6, 6.07) is 10.6. The summed E-state index contributed by atoms with van der Waals surface area (Å²) in [6.07, 6.45) is 1.03. The molecule has 0 spiro atoms. The first-order chi connectivity index (χ1) is 17.4. The molecule has 2 aromatic carbocycles. The highest BCUT2D eigenvalue weighted by Gasteiger charge is 2.36. The molecule has 0 saturated heterocycles. The molecule has 194 valence electrons. The van der Waals surface area contributed by atoms with Crippen LogP contribution >= 0.6 is 0 Å². The highest BCUT2D eigenvalue weighted by Crippen LogP contribution is 2.37. The van der Waals surface area contributed by atoms with Crippen LogP contribution < -0.4 is 14.8 Å². The number of carbonyl (C=O) groups excluding carboxylic acids is 2. The first-order valence-electron chi connectivity index (χ1n) is 11.8. The molecule has 1 aliphatic heterocycles. The Morgan fingerprint density at radius 3 is 2.61 bits per heavy atom. The van der Waals surface area contributed by atoms with Crippen LogP contribution in [0.15, 0.2) is 47.6 Å². The third kappa shape index (κ3) is 6.31. The average molecular weight is 501 g/mol. The van der Waals surface area contributed by atoms with Gasteiger partial charge in [-0.1, -0.05) is 25.1 Å². The number of urea groups is 1. The molecule has 0 bridgehead atoms. The highest BCUT2D eigenvalue weighted by molar-refractivity contribution is 6.05. The van der Waals surface area contributed by atoms with Crippen LogP contribution in [-0.4, -0.2) is 75.1 Å². The maximum atomic E-state index is 14.8. The van der Waals surface area contributed by atoms with Crippen molar-refractivity contribution in [2.24, 2.45) is 5.10 Å². The second-order valence-corrected chi connectivity index (χ2v) is 8.24. The van der Waals surface area contributed by atoms with Crippen molar-refractivity contribution in [3.63, 3.8) is 0 Å². The molecule has 3 amide bonds. The van der Waals surface area contributed by atoms with Crippen LogP contribution in [0.2, 0.25) is 0 Å². The van der Waals surface area contributed by atoms with E-state index in [-0.39, 0.29) is 32.1 Å². The second-order valence-electron chi connectivity index (χ2n) is 8.24. The van der Waals surface area contributed by atoms with Crippen LogP contribution in [-0.2, 0) is 9.53 Å². The van der Waals surface area contributed by atoms with E-state index in [2.05, 4.69) is 10.4 Å². The Morgan fingerprint density at radius 1 is 1.17 bits per heavy atom. The number of benzene rings is 2. The van der Waals surface area contributed by atoms with Crippen molar-refractivity contribution >= 4 is 17.6 Å². The SMILES string of the molecule is CCCNC(=O)N(CCOC)CC(=O)N1N=C(c2ccc(OC)cc2OC)CC1c1ccccc1F. The van der Waals surface area contributed by atoms with Gasteiger partial charge in [0.05, 0.1) is 32.6 Å². The lowest BCUT2D eigenvalue weighted by Crippen LogP contribution is -2.47. The summed E-state index contributed by atoms with van der Waals surface area (Å²) in [4.78, 5) is 27.5. The predicted octanol–water partition coefficient (Wildman–Crippen LogP) is 3.59. The molecule has 0 fully saturated rings. The number of hydrogen-bond donors (Lipinski definition) is 1. The van der Waals surface area contributed by atoms with Crippen LogP contribution in [0.1, 0.15) is 36.9 Å². The lowest BCUT2D eigenvalue weighted by Gasteiger charge is -2.27. The van der Waals surface area contributed by atoms with E-state index in [0.29, 0.717) is 34.9 Å². The van der Waals surface area contributed by atoms with Crippen LogP contribution in [0, 0.1) is 5.82 Å². The van der Waals surface area contributed by atoms with Gasteiger partial charge in [-0.15, -0.1) is 0 Å². The lowest BCUT2D eigenvalue weighted by atomic mass is 9.97. The Labute approximate surface area is 210 Å². The van der Waals surface area contributed by atoms with Gasteiger partial charge in [-0.05, 0) is 24.6 Å². The molecule has 1 N–H and O–H groups in total. The molecule has 0 radical (unpaired) electrons. The number of amides is 3. The molecule has 0 aromatic heterocycles. The van der Waals surface area contributed by atoms with Gasteiger partial charge in [-0.25, -0.2) is 14.2 Å². The maximum Gasteiger partial charge on any atom is 0.317 e. The molecule has 3 rings (SSSR count). The minimum atomic E-state index is -0.677. The first kappa shape index (κ1) is 26.9. The summed E-state index contributed by atoms with van der Waals surface area (Å²) in [5, 5.41) is 8.65. The van der Waals surface area contributed by atoms with E-state index in [9.17, 15) is 14.0 Å². The van der Waals surface area contributed by atoms with Crippen molar-refractivity contribution in [1.82, 2.24) is 15.2 Å². The topological polar surface area (TPSA) is 92.7 Å². The number of hydrogen-bond acceptors (Lipinski definition) is 6. The summed E-state index contributed by atoms with van der Waals surface area (Å²) in [5.74, 6) is 0.263.